The van der Waals surface area contributed by atoms with Gasteiger partial charge < -0.3 is 16.0 Å². The average Bonchev–Trinajstić information content (AvgIpc) is 3.17. The summed E-state index contributed by atoms with van der Waals surface area (Å²) in [5.41, 5.74) is 12.4. The fraction of sp³-hybridized carbons (Fsp3) is 0.190. The molecule has 2 aromatic heterocycles. The number of aromatic nitrogens is 3. The van der Waals surface area contributed by atoms with Gasteiger partial charge >= 0.3 is 0 Å². The Morgan fingerprint density at radius 1 is 1.00 bits per heavy atom. The number of rotatable bonds is 2. The van der Waals surface area contributed by atoms with Crippen LogP contribution in [-0.4, -0.2) is 31.3 Å². The van der Waals surface area contributed by atoms with Gasteiger partial charge in [0, 0.05) is 16.3 Å². The zero-order valence-corrected chi connectivity index (χ0v) is 15.1. The molecular weight excluding hydrogens is 354 g/mol. The molecule has 0 spiro atoms. The molecule has 0 aliphatic heterocycles. The van der Waals surface area contributed by atoms with Gasteiger partial charge in [0.05, 0.1) is 16.7 Å². The lowest BCUT2D eigenvalue weighted by atomic mass is 9.85. The number of nitrogens with one attached hydrogen (secondary N) is 1. The number of phenols is 1. The highest BCUT2D eigenvalue weighted by Gasteiger charge is 2.23. The molecule has 0 radical (unpaired) electrons. The highest BCUT2D eigenvalue weighted by Crippen LogP contribution is 2.38. The highest BCUT2D eigenvalue weighted by molar-refractivity contribution is 6.17. The molecule has 1 aliphatic rings. The molecule has 140 valence electrons. The van der Waals surface area contributed by atoms with Gasteiger partial charge in [0.25, 0.3) is 0 Å². The van der Waals surface area contributed by atoms with Crippen LogP contribution < -0.4 is 5.73 Å². The number of hydrogen-bond acceptors (Lipinski definition) is 5. The van der Waals surface area contributed by atoms with Gasteiger partial charge in [-0.1, -0.05) is 5.16 Å². The van der Waals surface area contributed by atoms with Crippen molar-refractivity contribution in [3.63, 3.8) is 0 Å². The average molecular weight is 373 g/mol. The molecule has 5 rings (SSSR count). The molecule has 1 aliphatic carbocycles. The van der Waals surface area contributed by atoms with E-state index in [9.17, 15) is 5.11 Å². The van der Waals surface area contributed by atoms with Crippen molar-refractivity contribution in [3.05, 3.63) is 53.2 Å². The molecule has 5 N–H and O–H groups in total. The third-order valence-electron chi connectivity index (χ3n) is 5.49. The maximum atomic E-state index is 9.64. The van der Waals surface area contributed by atoms with E-state index >= 15 is 0 Å². The van der Waals surface area contributed by atoms with Crippen molar-refractivity contribution in [2.45, 2.75) is 25.7 Å². The van der Waals surface area contributed by atoms with Gasteiger partial charge in [-0.25, -0.2) is 4.98 Å². The molecule has 0 amide bonds. The number of H-pyrrole nitrogens is 1. The summed E-state index contributed by atoms with van der Waals surface area (Å²) < 4.78 is 0. The summed E-state index contributed by atoms with van der Waals surface area (Å²) in [6.07, 6.45) is 4.11. The third kappa shape index (κ3) is 2.40. The van der Waals surface area contributed by atoms with Crippen LogP contribution in [0.5, 0.6) is 5.75 Å². The van der Waals surface area contributed by atoms with Crippen LogP contribution in [0.4, 0.5) is 0 Å². The zero-order chi connectivity index (χ0) is 19.3. The molecule has 0 saturated heterocycles. The van der Waals surface area contributed by atoms with E-state index in [1.807, 2.05) is 24.3 Å². The number of amidine groups is 1. The number of hydrogen-bond donors (Lipinski definition) is 4. The van der Waals surface area contributed by atoms with Crippen molar-refractivity contribution in [1.29, 1.82) is 0 Å². The van der Waals surface area contributed by atoms with Crippen LogP contribution in [0.2, 0.25) is 0 Å². The second-order valence-electron chi connectivity index (χ2n) is 7.11. The van der Waals surface area contributed by atoms with E-state index in [1.54, 1.807) is 12.1 Å². The van der Waals surface area contributed by atoms with Crippen LogP contribution in [0.15, 0.2) is 41.6 Å². The number of aromatic amines is 1. The maximum absolute atomic E-state index is 9.64. The lowest BCUT2D eigenvalue weighted by molar-refractivity contribution is 0.318. The molecule has 0 atom stereocenters. The first-order valence-electron chi connectivity index (χ1n) is 9.27. The summed E-state index contributed by atoms with van der Waals surface area (Å²) in [6, 6.07) is 11.1. The fourth-order valence-electron chi connectivity index (χ4n) is 4.22. The lowest BCUT2D eigenvalue weighted by Gasteiger charge is -2.22. The predicted octanol–water partition coefficient (Wildman–Crippen LogP) is 3.46. The minimum Gasteiger partial charge on any atom is -0.508 e. The Bertz CT molecular complexity index is 1240. The first kappa shape index (κ1) is 16.6. The van der Waals surface area contributed by atoms with E-state index in [2.05, 4.69) is 15.4 Å². The number of oxime groups is 1. The quantitative estimate of drug-likeness (QED) is 0.186. The predicted molar refractivity (Wildman–Crippen MR) is 108 cm³/mol. The van der Waals surface area contributed by atoms with E-state index < -0.39 is 0 Å². The summed E-state index contributed by atoms with van der Waals surface area (Å²) in [7, 11) is 0. The molecular formula is C21H19N5O2. The number of pyridine rings is 1. The van der Waals surface area contributed by atoms with Gasteiger partial charge in [-0.2, -0.15) is 5.10 Å². The van der Waals surface area contributed by atoms with Crippen molar-refractivity contribution in [2.24, 2.45) is 10.9 Å². The monoisotopic (exact) mass is 373 g/mol. The van der Waals surface area contributed by atoms with Crippen molar-refractivity contribution < 1.29 is 10.3 Å². The minimum atomic E-state index is -0.0223. The van der Waals surface area contributed by atoms with Crippen molar-refractivity contribution in [3.8, 4) is 17.0 Å². The number of benzene rings is 2. The Hall–Kier alpha value is -3.61. The summed E-state index contributed by atoms with van der Waals surface area (Å²) in [4.78, 5) is 4.98. The Kier molecular flexibility index (Phi) is 3.68. The Labute approximate surface area is 160 Å². The SMILES string of the molecule is NC(=NO)c1n[nH]c2ccc3nc(-c4ccc(O)cc4)c4c(c3c12)CCCC4. The zero-order valence-electron chi connectivity index (χ0n) is 15.1. The van der Waals surface area contributed by atoms with Gasteiger partial charge in [0.15, 0.2) is 5.84 Å². The number of phenolic OH excluding ortho intramolecular Hbond substituents is 1. The molecule has 4 aromatic rings. The summed E-state index contributed by atoms with van der Waals surface area (Å²) in [5.74, 6) is 0.216. The van der Waals surface area contributed by atoms with Crippen LogP contribution in [-0.2, 0) is 12.8 Å². The number of aryl methyl sites for hydroxylation is 1. The van der Waals surface area contributed by atoms with E-state index in [-0.39, 0.29) is 11.6 Å². The molecule has 0 bridgehead atoms. The number of fused-ring (bicyclic) bond motifs is 5. The fourth-order valence-corrected chi connectivity index (χ4v) is 4.22. The Morgan fingerprint density at radius 3 is 2.50 bits per heavy atom. The van der Waals surface area contributed by atoms with Crippen molar-refractivity contribution >= 4 is 27.6 Å². The minimum absolute atomic E-state index is 0.0223. The lowest BCUT2D eigenvalue weighted by Crippen LogP contribution is -2.14. The highest BCUT2D eigenvalue weighted by atomic mass is 16.4. The second kappa shape index (κ2) is 6.23. The van der Waals surface area contributed by atoms with Crippen LogP contribution in [0, 0.1) is 0 Å². The second-order valence-corrected chi connectivity index (χ2v) is 7.11. The van der Waals surface area contributed by atoms with Gasteiger partial charge in [0.2, 0.25) is 0 Å². The molecule has 0 unspecified atom stereocenters. The van der Waals surface area contributed by atoms with Gasteiger partial charge in [-0.05, 0) is 73.2 Å². The number of aromatic hydroxyl groups is 1. The van der Waals surface area contributed by atoms with Crippen LogP contribution in [0.1, 0.15) is 29.7 Å². The largest absolute Gasteiger partial charge is 0.508 e. The molecule has 28 heavy (non-hydrogen) atoms. The molecule has 7 heteroatoms. The van der Waals surface area contributed by atoms with Crippen LogP contribution >= 0.6 is 0 Å². The van der Waals surface area contributed by atoms with Crippen LogP contribution in [0.25, 0.3) is 33.1 Å². The van der Waals surface area contributed by atoms with E-state index in [0.29, 0.717) is 5.69 Å². The third-order valence-corrected chi connectivity index (χ3v) is 5.49. The van der Waals surface area contributed by atoms with E-state index in [0.717, 1.165) is 58.7 Å². The van der Waals surface area contributed by atoms with Gasteiger partial charge in [-0.15, -0.1) is 0 Å². The van der Waals surface area contributed by atoms with E-state index in [1.165, 1.54) is 11.1 Å². The van der Waals surface area contributed by atoms with Gasteiger partial charge in [0.1, 0.15) is 11.4 Å². The smallest absolute Gasteiger partial charge is 0.191 e. The molecule has 0 saturated carbocycles. The number of nitrogens with two attached hydrogens (primary N) is 1. The molecule has 0 fully saturated rings. The standard InChI is InChI=1S/C21H19N5O2/c22-21(26-28)20-18-16(24-25-20)10-9-15-17(18)13-3-1-2-4-14(13)19(23-15)11-5-7-12(27)8-6-11/h5-10,27-28H,1-4H2,(H2,22,26)(H,24,25). The molecule has 7 nitrogen and oxygen atoms in total. The first-order chi connectivity index (χ1) is 13.7. The Morgan fingerprint density at radius 2 is 1.75 bits per heavy atom. The summed E-state index contributed by atoms with van der Waals surface area (Å²) in [5, 5.41) is 31.0. The number of nitrogens with zero attached hydrogens (tertiary/aromatic N) is 3. The van der Waals surface area contributed by atoms with E-state index in [4.69, 9.17) is 15.9 Å². The van der Waals surface area contributed by atoms with Gasteiger partial charge in [-0.3, -0.25) is 5.10 Å². The molecule has 2 aromatic carbocycles. The summed E-state index contributed by atoms with van der Waals surface area (Å²) >= 11 is 0. The summed E-state index contributed by atoms with van der Waals surface area (Å²) in [6.45, 7) is 0. The Balaban J connectivity index is 1.89. The van der Waals surface area contributed by atoms with Crippen molar-refractivity contribution in [1.82, 2.24) is 15.2 Å². The first-order valence-corrected chi connectivity index (χ1v) is 9.27. The van der Waals surface area contributed by atoms with Crippen molar-refractivity contribution in [2.75, 3.05) is 0 Å². The topological polar surface area (TPSA) is 120 Å². The normalized spacial score (nSPS) is 14.5. The maximum Gasteiger partial charge on any atom is 0.191 e. The molecule has 2 heterocycles. The van der Waals surface area contributed by atoms with Crippen LogP contribution in [0.3, 0.4) is 0 Å².